The molecule has 174 valence electrons. The molecule has 10 heteroatoms. The molecule has 1 heterocycles. The van der Waals surface area contributed by atoms with Crippen LogP contribution in [-0.4, -0.2) is 27.7 Å². The Balaban J connectivity index is 1.66. The number of alkyl halides is 3. The highest BCUT2D eigenvalue weighted by Crippen LogP contribution is 2.30. The van der Waals surface area contributed by atoms with Gasteiger partial charge in [0.2, 0.25) is 0 Å². The molecule has 0 fully saturated rings. The minimum Gasteiger partial charge on any atom is -0.481 e. The molecule has 0 saturated heterocycles. The van der Waals surface area contributed by atoms with E-state index in [-0.39, 0.29) is 11.3 Å². The molecule has 33 heavy (non-hydrogen) atoms. The lowest BCUT2D eigenvalue weighted by Gasteiger charge is -2.17. The van der Waals surface area contributed by atoms with Crippen LogP contribution in [0.3, 0.4) is 0 Å². The fourth-order valence-electron chi connectivity index (χ4n) is 3.09. The van der Waals surface area contributed by atoms with E-state index in [1.807, 2.05) is 26.0 Å². The monoisotopic (exact) mass is 460 g/mol. The van der Waals surface area contributed by atoms with Gasteiger partial charge in [0.25, 0.3) is 11.8 Å². The van der Waals surface area contributed by atoms with E-state index in [2.05, 4.69) is 16.0 Å². The second-order valence-corrected chi connectivity index (χ2v) is 7.51. The zero-order valence-electron chi connectivity index (χ0n) is 18.4. The Morgan fingerprint density at radius 1 is 1.06 bits per heavy atom. The van der Waals surface area contributed by atoms with Gasteiger partial charge >= 0.3 is 6.18 Å². The Morgan fingerprint density at radius 2 is 1.76 bits per heavy atom. The van der Waals surface area contributed by atoms with Gasteiger partial charge in [-0.2, -0.15) is 18.3 Å². The first-order valence-corrected chi connectivity index (χ1v) is 10.0. The number of nitrogens with zero attached hydrogens (tertiary/aromatic N) is 2. The lowest BCUT2D eigenvalue weighted by atomic mass is 10.1. The third kappa shape index (κ3) is 5.33. The molecule has 0 spiro atoms. The van der Waals surface area contributed by atoms with Gasteiger partial charge in [0.05, 0.1) is 28.7 Å². The van der Waals surface area contributed by atoms with E-state index in [0.717, 1.165) is 23.3 Å². The molecule has 0 aliphatic rings. The summed E-state index contributed by atoms with van der Waals surface area (Å²) in [7, 11) is 0. The highest BCUT2D eigenvalue weighted by atomic mass is 19.4. The van der Waals surface area contributed by atoms with Gasteiger partial charge in [-0.05, 0) is 63.1 Å². The zero-order chi connectivity index (χ0) is 24.3. The number of carbonyl (C=O) groups is 2. The van der Waals surface area contributed by atoms with Crippen molar-refractivity contribution in [3.8, 4) is 11.4 Å². The van der Waals surface area contributed by atoms with Crippen LogP contribution in [0, 0.1) is 20.8 Å². The fraction of sp³-hybridized carbons (Fsp3) is 0.261. The molecule has 0 aliphatic carbocycles. The molecule has 2 N–H and O–H groups in total. The maximum Gasteiger partial charge on any atom is 0.416 e. The Labute approximate surface area is 188 Å². The smallest absolute Gasteiger partial charge is 0.416 e. The van der Waals surface area contributed by atoms with Crippen LogP contribution in [0.25, 0.3) is 5.69 Å². The van der Waals surface area contributed by atoms with Crippen molar-refractivity contribution in [3.05, 3.63) is 76.6 Å². The molecule has 0 radical (unpaired) electrons. The third-order valence-corrected chi connectivity index (χ3v) is 5.20. The summed E-state index contributed by atoms with van der Waals surface area (Å²) in [5.74, 6) is -0.688. The van der Waals surface area contributed by atoms with Gasteiger partial charge in [-0.15, -0.1) is 0 Å². The summed E-state index contributed by atoms with van der Waals surface area (Å²) in [6.07, 6.45) is -4.18. The first-order valence-electron chi connectivity index (χ1n) is 10.0. The van der Waals surface area contributed by atoms with Crippen LogP contribution < -0.4 is 15.6 Å². The van der Waals surface area contributed by atoms with Crippen LogP contribution in [0.4, 0.5) is 13.2 Å². The second kappa shape index (κ2) is 9.35. The summed E-state index contributed by atoms with van der Waals surface area (Å²) in [6, 6.07) is 10.1. The van der Waals surface area contributed by atoms with E-state index in [4.69, 9.17) is 4.74 Å². The average Bonchev–Trinajstić information content (AvgIpc) is 3.15. The number of hydrazine groups is 1. The van der Waals surface area contributed by atoms with Crippen molar-refractivity contribution < 1.29 is 27.5 Å². The molecule has 0 unspecified atom stereocenters. The number of amides is 2. The summed E-state index contributed by atoms with van der Waals surface area (Å²) in [6.45, 7) is 6.88. The number of hydrogen-bond donors (Lipinski definition) is 2. The van der Waals surface area contributed by atoms with Crippen molar-refractivity contribution in [1.82, 2.24) is 20.6 Å². The largest absolute Gasteiger partial charge is 0.481 e. The molecular weight excluding hydrogens is 437 g/mol. The van der Waals surface area contributed by atoms with Crippen molar-refractivity contribution in [1.29, 1.82) is 0 Å². The number of rotatable bonds is 5. The molecule has 1 aromatic heterocycles. The average molecular weight is 460 g/mol. The number of hydrogen-bond acceptors (Lipinski definition) is 4. The Morgan fingerprint density at radius 3 is 2.45 bits per heavy atom. The quantitative estimate of drug-likeness (QED) is 0.563. The highest BCUT2D eigenvalue weighted by molar-refractivity contribution is 5.96. The maximum absolute atomic E-state index is 13.0. The second-order valence-electron chi connectivity index (χ2n) is 7.51. The highest BCUT2D eigenvalue weighted by Gasteiger charge is 2.31. The van der Waals surface area contributed by atoms with Crippen LogP contribution >= 0.6 is 0 Å². The SMILES string of the molecule is Cc1cccc(O[C@@H](C)C(=O)NNC(=O)c2cnn(-c3cccc(C(F)(F)F)c3)c2C)c1C. The lowest BCUT2D eigenvalue weighted by Crippen LogP contribution is -2.47. The van der Waals surface area contributed by atoms with Gasteiger partial charge in [0.15, 0.2) is 6.10 Å². The van der Waals surface area contributed by atoms with Crippen molar-refractivity contribution in [2.24, 2.45) is 0 Å². The predicted octanol–water partition coefficient (Wildman–Crippen LogP) is 4.04. The van der Waals surface area contributed by atoms with E-state index in [9.17, 15) is 22.8 Å². The number of carbonyl (C=O) groups excluding carboxylic acids is 2. The summed E-state index contributed by atoms with van der Waals surface area (Å²) < 4.78 is 45.9. The molecule has 1 atom stereocenters. The minimum absolute atomic E-state index is 0.0933. The van der Waals surface area contributed by atoms with E-state index in [1.165, 1.54) is 29.9 Å². The van der Waals surface area contributed by atoms with Crippen molar-refractivity contribution in [3.63, 3.8) is 0 Å². The maximum atomic E-state index is 13.0. The molecule has 0 bridgehead atoms. The summed E-state index contributed by atoms with van der Waals surface area (Å²) >= 11 is 0. The van der Waals surface area contributed by atoms with Gasteiger partial charge in [0.1, 0.15) is 5.75 Å². The first-order chi connectivity index (χ1) is 15.5. The molecule has 2 aromatic carbocycles. The standard InChI is InChI=1S/C23H23F3N4O3/c1-13-7-5-10-20(14(13)2)33-16(4)21(31)28-29-22(32)19-12-27-30(15(19)3)18-9-6-8-17(11-18)23(24,25)26/h5-12,16H,1-4H3,(H,28,31)(H,29,32)/t16-/m0/s1. The number of ether oxygens (including phenoxy) is 1. The van der Waals surface area contributed by atoms with E-state index in [1.54, 1.807) is 13.0 Å². The summed E-state index contributed by atoms with van der Waals surface area (Å²) in [5, 5.41) is 4.02. The molecular formula is C23H23F3N4O3. The van der Waals surface area contributed by atoms with E-state index in [0.29, 0.717) is 11.4 Å². The van der Waals surface area contributed by atoms with Crippen molar-refractivity contribution in [2.45, 2.75) is 40.0 Å². The molecule has 3 aromatic rings. The van der Waals surface area contributed by atoms with Gasteiger partial charge < -0.3 is 4.74 Å². The van der Waals surface area contributed by atoms with Crippen molar-refractivity contribution in [2.75, 3.05) is 0 Å². The van der Waals surface area contributed by atoms with Crippen LogP contribution in [0.2, 0.25) is 0 Å². The number of halogens is 3. The molecule has 0 aliphatic heterocycles. The number of nitrogens with one attached hydrogen (secondary N) is 2. The summed E-state index contributed by atoms with van der Waals surface area (Å²) in [4.78, 5) is 24.9. The number of benzene rings is 2. The van der Waals surface area contributed by atoms with E-state index >= 15 is 0 Å². The first kappa shape index (κ1) is 23.8. The minimum atomic E-state index is -4.50. The Hall–Kier alpha value is -3.82. The predicted molar refractivity (Wildman–Crippen MR) is 115 cm³/mol. The lowest BCUT2D eigenvalue weighted by molar-refractivity contribution is -0.137. The van der Waals surface area contributed by atoms with Crippen LogP contribution in [0.1, 0.15) is 39.7 Å². The van der Waals surface area contributed by atoms with Crippen LogP contribution in [0.15, 0.2) is 48.7 Å². The van der Waals surface area contributed by atoms with E-state index < -0.39 is 29.7 Å². The van der Waals surface area contributed by atoms with Crippen molar-refractivity contribution >= 4 is 11.8 Å². The normalized spacial score (nSPS) is 12.2. The summed E-state index contributed by atoms with van der Waals surface area (Å²) in [5.41, 5.74) is 6.21. The fourth-order valence-corrected chi connectivity index (χ4v) is 3.09. The van der Waals surface area contributed by atoms with Gasteiger partial charge in [0, 0.05) is 0 Å². The number of aryl methyl sites for hydroxylation is 1. The topological polar surface area (TPSA) is 85.2 Å². The molecule has 7 nitrogen and oxygen atoms in total. The zero-order valence-corrected chi connectivity index (χ0v) is 18.4. The third-order valence-electron chi connectivity index (χ3n) is 5.20. The van der Waals surface area contributed by atoms with Gasteiger partial charge in [-0.1, -0.05) is 18.2 Å². The number of aromatic nitrogens is 2. The molecule has 3 rings (SSSR count). The van der Waals surface area contributed by atoms with Gasteiger partial charge in [-0.25, -0.2) is 4.68 Å². The molecule has 0 saturated carbocycles. The Kier molecular flexibility index (Phi) is 6.75. The van der Waals surface area contributed by atoms with Crippen LogP contribution in [-0.2, 0) is 11.0 Å². The molecule has 2 amide bonds. The van der Waals surface area contributed by atoms with Crippen LogP contribution in [0.5, 0.6) is 5.75 Å². The van der Waals surface area contributed by atoms with Gasteiger partial charge in [-0.3, -0.25) is 20.4 Å². The Bertz CT molecular complexity index is 1190.